The van der Waals surface area contributed by atoms with Crippen molar-refractivity contribution < 1.29 is 0 Å². The summed E-state index contributed by atoms with van der Waals surface area (Å²) in [7, 11) is -0.755. The van der Waals surface area contributed by atoms with Crippen LogP contribution in [0.4, 0.5) is 0 Å². The number of allylic oxidation sites excluding steroid dienone is 1. The van der Waals surface area contributed by atoms with E-state index in [4.69, 9.17) is 0 Å². The van der Waals surface area contributed by atoms with Gasteiger partial charge in [0.05, 0.1) is 0 Å². The molecule has 2 aromatic carbocycles. The molecule has 0 saturated heterocycles. The van der Waals surface area contributed by atoms with Crippen LogP contribution in [0.25, 0.3) is 6.08 Å². The second-order valence-electron chi connectivity index (χ2n) is 8.95. The fourth-order valence-electron chi connectivity index (χ4n) is 4.52. The standard InChI is InChI=1S/C24H32S/c1-17-14-18(2)23-19(15-17)10-8-12-21-20(16-24(23,3)4)11-9-13-22(21)25(5,6)7/h8-9,11-15H,10,16H2,1-7H3/b12-8-. The van der Waals surface area contributed by atoms with Gasteiger partial charge in [0.2, 0.25) is 0 Å². The van der Waals surface area contributed by atoms with Gasteiger partial charge in [0.25, 0.3) is 0 Å². The first-order chi connectivity index (χ1) is 11.6. The van der Waals surface area contributed by atoms with Crippen LogP contribution in [-0.2, 0) is 18.3 Å². The van der Waals surface area contributed by atoms with Gasteiger partial charge in [-0.1, -0.05) is 55.8 Å². The third-order valence-electron chi connectivity index (χ3n) is 5.31. The first-order valence-electron chi connectivity index (χ1n) is 9.17. The Morgan fingerprint density at radius 2 is 1.68 bits per heavy atom. The predicted octanol–water partition coefficient (Wildman–Crippen LogP) is 6.45. The first-order valence-corrected chi connectivity index (χ1v) is 12.0. The minimum absolute atomic E-state index is 0.139. The zero-order valence-corrected chi connectivity index (χ0v) is 17.7. The Morgan fingerprint density at radius 3 is 2.36 bits per heavy atom. The molecule has 0 atom stereocenters. The van der Waals surface area contributed by atoms with Crippen LogP contribution in [0.3, 0.4) is 0 Å². The van der Waals surface area contributed by atoms with Gasteiger partial charge in [-0.3, -0.25) is 0 Å². The van der Waals surface area contributed by atoms with Crippen molar-refractivity contribution >= 4 is 16.1 Å². The summed E-state index contributed by atoms with van der Waals surface area (Å²) in [4.78, 5) is 1.54. The Labute approximate surface area is 155 Å². The quantitative estimate of drug-likeness (QED) is 0.553. The second-order valence-corrected chi connectivity index (χ2v) is 13.1. The maximum atomic E-state index is 2.42. The zero-order chi connectivity index (χ0) is 18.4. The van der Waals surface area contributed by atoms with Crippen molar-refractivity contribution in [3.05, 3.63) is 69.8 Å². The summed E-state index contributed by atoms with van der Waals surface area (Å²) in [6.07, 6.45) is 14.1. The van der Waals surface area contributed by atoms with E-state index in [1.165, 1.54) is 32.7 Å². The van der Waals surface area contributed by atoms with Crippen molar-refractivity contribution in [2.24, 2.45) is 0 Å². The Hall–Kier alpha value is -1.47. The Kier molecular flexibility index (Phi) is 4.66. The second kappa shape index (κ2) is 6.36. The van der Waals surface area contributed by atoms with Crippen molar-refractivity contribution in [1.82, 2.24) is 0 Å². The monoisotopic (exact) mass is 352 g/mol. The smallest absolute Gasteiger partial charge is 0.00308 e. The highest BCUT2D eigenvalue weighted by Gasteiger charge is 2.28. The fraction of sp³-hybridized carbons (Fsp3) is 0.417. The Morgan fingerprint density at radius 1 is 0.960 bits per heavy atom. The predicted molar refractivity (Wildman–Crippen MR) is 115 cm³/mol. The molecule has 0 unspecified atom stereocenters. The lowest BCUT2D eigenvalue weighted by molar-refractivity contribution is 0.514. The van der Waals surface area contributed by atoms with Gasteiger partial charge >= 0.3 is 0 Å². The van der Waals surface area contributed by atoms with Crippen LogP contribution in [-0.4, -0.2) is 18.8 Å². The molecule has 3 rings (SSSR count). The van der Waals surface area contributed by atoms with Crippen molar-refractivity contribution in [1.29, 1.82) is 0 Å². The molecule has 0 radical (unpaired) electrons. The molecular weight excluding hydrogens is 320 g/mol. The van der Waals surface area contributed by atoms with Crippen LogP contribution in [0.2, 0.25) is 0 Å². The van der Waals surface area contributed by atoms with E-state index in [-0.39, 0.29) is 5.41 Å². The molecule has 1 aliphatic carbocycles. The number of aryl methyl sites for hydroxylation is 2. The van der Waals surface area contributed by atoms with Gasteiger partial charge in [-0.25, -0.2) is 10.0 Å². The third-order valence-corrected chi connectivity index (χ3v) is 6.98. The molecule has 0 amide bonds. The molecule has 0 N–H and O–H groups in total. The lowest BCUT2D eigenvalue weighted by Gasteiger charge is -2.33. The van der Waals surface area contributed by atoms with E-state index in [1.54, 1.807) is 5.56 Å². The lowest BCUT2D eigenvalue weighted by atomic mass is 9.74. The van der Waals surface area contributed by atoms with Crippen LogP contribution in [0.1, 0.15) is 47.2 Å². The summed E-state index contributed by atoms with van der Waals surface area (Å²) in [5, 5.41) is 0. The molecule has 25 heavy (non-hydrogen) atoms. The molecule has 0 bridgehead atoms. The average molecular weight is 353 g/mol. The van der Waals surface area contributed by atoms with Crippen molar-refractivity contribution in [3.63, 3.8) is 0 Å². The van der Waals surface area contributed by atoms with Gasteiger partial charge in [0.1, 0.15) is 0 Å². The number of rotatable bonds is 1. The highest BCUT2D eigenvalue weighted by Crippen LogP contribution is 2.49. The van der Waals surface area contributed by atoms with E-state index in [0.717, 1.165) is 12.8 Å². The SMILES string of the molecule is Cc1cc(C)c2c(c1)C/C=C\c1c(cccc1S(C)(C)C)CC2(C)C. The van der Waals surface area contributed by atoms with Gasteiger partial charge in [-0.05, 0) is 89.7 Å². The maximum Gasteiger partial charge on any atom is -0.00308 e. The molecule has 1 aliphatic rings. The van der Waals surface area contributed by atoms with E-state index in [9.17, 15) is 0 Å². The van der Waals surface area contributed by atoms with E-state index >= 15 is 0 Å². The highest BCUT2D eigenvalue weighted by atomic mass is 32.3. The zero-order valence-electron chi connectivity index (χ0n) is 16.9. The lowest BCUT2D eigenvalue weighted by Crippen LogP contribution is -2.24. The van der Waals surface area contributed by atoms with Gasteiger partial charge in [-0.15, -0.1) is 0 Å². The van der Waals surface area contributed by atoms with Crippen molar-refractivity contribution in [2.75, 3.05) is 18.8 Å². The van der Waals surface area contributed by atoms with Crippen LogP contribution >= 0.6 is 10.0 Å². The normalized spacial score (nSPS) is 18.4. The Bertz CT molecular complexity index is 832. The molecule has 0 fully saturated rings. The first kappa shape index (κ1) is 18.3. The van der Waals surface area contributed by atoms with Gasteiger partial charge in [0.15, 0.2) is 0 Å². The molecule has 0 saturated carbocycles. The summed E-state index contributed by atoms with van der Waals surface area (Å²) in [5.74, 6) is 0. The van der Waals surface area contributed by atoms with Crippen molar-refractivity contribution in [2.45, 2.75) is 50.8 Å². The van der Waals surface area contributed by atoms with E-state index in [0.29, 0.717) is 0 Å². The number of benzene rings is 2. The summed E-state index contributed by atoms with van der Waals surface area (Å²) >= 11 is 0. The van der Waals surface area contributed by atoms with Crippen LogP contribution in [0.5, 0.6) is 0 Å². The number of fused-ring (bicyclic) bond motifs is 2. The van der Waals surface area contributed by atoms with Crippen LogP contribution in [0, 0.1) is 13.8 Å². The summed E-state index contributed by atoms with van der Waals surface area (Å²) in [5.41, 5.74) is 8.96. The number of hydrogen-bond donors (Lipinski definition) is 0. The summed E-state index contributed by atoms with van der Waals surface area (Å²) in [6.45, 7) is 9.33. The molecule has 0 aliphatic heterocycles. The molecule has 0 spiro atoms. The molecular formula is C24H32S. The topological polar surface area (TPSA) is 0 Å². The molecule has 0 aromatic heterocycles. The van der Waals surface area contributed by atoms with Crippen molar-refractivity contribution in [3.8, 4) is 0 Å². The fourth-order valence-corrected chi connectivity index (χ4v) is 5.87. The highest BCUT2D eigenvalue weighted by molar-refractivity contribution is 8.32. The minimum atomic E-state index is -0.755. The van der Waals surface area contributed by atoms with E-state index < -0.39 is 10.0 Å². The summed E-state index contributed by atoms with van der Waals surface area (Å²) in [6, 6.07) is 11.7. The van der Waals surface area contributed by atoms with Crippen LogP contribution in [0.15, 0.2) is 41.3 Å². The minimum Gasteiger partial charge on any atom is -0.223 e. The third kappa shape index (κ3) is 3.58. The molecule has 0 heterocycles. The van der Waals surface area contributed by atoms with Gasteiger partial charge in [-0.2, -0.15) is 0 Å². The molecule has 1 heteroatoms. The summed E-state index contributed by atoms with van der Waals surface area (Å²) < 4.78 is 0. The molecule has 134 valence electrons. The largest absolute Gasteiger partial charge is 0.223 e. The number of hydrogen-bond acceptors (Lipinski definition) is 0. The maximum absolute atomic E-state index is 2.42. The van der Waals surface area contributed by atoms with Gasteiger partial charge < -0.3 is 0 Å². The molecule has 0 nitrogen and oxygen atoms in total. The van der Waals surface area contributed by atoms with E-state index in [2.05, 4.69) is 88.9 Å². The molecule has 2 aromatic rings. The van der Waals surface area contributed by atoms with E-state index in [1.807, 2.05) is 0 Å². The average Bonchev–Trinajstić information content (AvgIpc) is 2.50. The van der Waals surface area contributed by atoms with Gasteiger partial charge in [0, 0.05) is 0 Å². The van der Waals surface area contributed by atoms with Crippen LogP contribution < -0.4 is 0 Å². The Balaban J connectivity index is 2.23.